The van der Waals surface area contributed by atoms with Crippen molar-refractivity contribution in [2.45, 2.75) is 13.8 Å². The minimum absolute atomic E-state index is 0.0680. The fourth-order valence-electron chi connectivity index (χ4n) is 2.87. The number of likely N-dealkylation sites (N-methyl/N-ethyl adjacent to an activating group) is 1. The number of thiocarbonyl (C=S) groups is 1. The number of carbonyl (C=O) groups is 1. The summed E-state index contributed by atoms with van der Waals surface area (Å²) in [7, 11) is 0. The van der Waals surface area contributed by atoms with Crippen LogP contribution >= 0.6 is 24.0 Å². The minimum Gasteiger partial charge on any atom is -0.460 e. The van der Waals surface area contributed by atoms with Gasteiger partial charge in [-0.25, -0.2) is 4.68 Å². The zero-order valence-corrected chi connectivity index (χ0v) is 16.5. The van der Waals surface area contributed by atoms with Crippen molar-refractivity contribution in [2.75, 3.05) is 6.54 Å². The summed E-state index contributed by atoms with van der Waals surface area (Å²) in [6.45, 7) is 4.37. The summed E-state index contributed by atoms with van der Waals surface area (Å²) in [6.07, 6.45) is 3.75. The highest BCUT2D eigenvalue weighted by atomic mass is 32.2. The van der Waals surface area contributed by atoms with Gasteiger partial charge in [-0.2, -0.15) is 5.10 Å². The number of carbonyl (C=O) groups excluding carboxylic acids is 1. The first-order valence-electron chi connectivity index (χ1n) is 8.54. The van der Waals surface area contributed by atoms with Gasteiger partial charge in [0.1, 0.15) is 15.8 Å². The lowest BCUT2D eigenvalue weighted by Gasteiger charge is -2.09. The topological polar surface area (TPSA) is 51.3 Å². The molecule has 1 saturated heterocycles. The first-order valence-corrected chi connectivity index (χ1v) is 9.76. The summed E-state index contributed by atoms with van der Waals surface area (Å²) in [5.74, 6) is 1.41. The molecule has 0 spiro atoms. The van der Waals surface area contributed by atoms with Gasteiger partial charge in [0.2, 0.25) is 0 Å². The van der Waals surface area contributed by atoms with Crippen LogP contribution in [0.2, 0.25) is 0 Å². The number of amides is 1. The van der Waals surface area contributed by atoms with Crippen LogP contribution < -0.4 is 0 Å². The van der Waals surface area contributed by atoms with E-state index in [1.165, 1.54) is 11.8 Å². The van der Waals surface area contributed by atoms with E-state index in [0.29, 0.717) is 27.2 Å². The van der Waals surface area contributed by atoms with Crippen LogP contribution in [0.1, 0.15) is 18.2 Å². The lowest BCUT2D eigenvalue weighted by atomic mass is 10.2. The highest BCUT2D eigenvalue weighted by Crippen LogP contribution is 2.35. The third kappa shape index (κ3) is 3.36. The largest absolute Gasteiger partial charge is 0.460 e. The SMILES string of the molecule is CCN1C(=O)C(=Cc2cn(-c3ccccc3)nc2-c2ccc(C)o2)SC1=S. The molecule has 0 aliphatic carbocycles. The Morgan fingerprint density at radius 2 is 2.00 bits per heavy atom. The minimum atomic E-state index is -0.0680. The average Bonchev–Trinajstić information content (AvgIpc) is 3.34. The van der Waals surface area contributed by atoms with Crippen LogP contribution in [0.5, 0.6) is 0 Å². The smallest absolute Gasteiger partial charge is 0.266 e. The van der Waals surface area contributed by atoms with E-state index in [1.54, 1.807) is 9.58 Å². The van der Waals surface area contributed by atoms with Crippen molar-refractivity contribution in [1.82, 2.24) is 14.7 Å². The second kappa shape index (κ2) is 7.17. The summed E-state index contributed by atoms with van der Waals surface area (Å²) in [5.41, 5.74) is 2.43. The van der Waals surface area contributed by atoms with E-state index < -0.39 is 0 Å². The molecule has 0 radical (unpaired) electrons. The van der Waals surface area contributed by atoms with Crippen molar-refractivity contribution in [3.8, 4) is 17.1 Å². The van der Waals surface area contributed by atoms with E-state index >= 15 is 0 Å². The molecule has 0 unspecified atom stereocenters. The lowest BCUT2D eigenvalue weighted by Crippen LogP contribution is -2.27. The zero-order valence-electron chi connectivity index (χ0n) is 14.9. The second-order valence-corrected chi connectivity index (χ2v) is 7.73. The van der Waals surface area contributed by atoms with E-state index in [4.69, 9.17) is 21.7 Å². The van der Waals surface area contributed by atoms with Gasteiger partial charge in [-0.15, -0.1) is 0 Å². The maximum absolute atomic E-state index is 12.6. The lowest BCUT2D eigenvalue weighted by molar-refractivity contribution is -0.121. The van der Waals surface area contributed by atoms with E-state index in [0.717, 1.165) is 17.0 Å². The molecule has 5 nitrogen and oxygen atoms in total. The number of furan rings is 1. The number of nitrogens with zero attached hydrogens (tertiary/aromatic N) is 3. The summed E-state index contributed by atoms with van der Waals surface area (Å²) < 4.78 is 8.16. The molecule has 0 N–H and O–H groups in total. The van der Waals surface area contributed by atoms with Gasteiger partial charge in [0.05, 0.1) is 10.6 Å². The maximum Gasteiger partial charge on any atom is 0.266 e. The molecule has 1 aliphatic rings. The molecule has 1 amide bonds. The zero-order chi connectivity index (χ0) is 19.0. The standard InChI is InChI=1S/C20H17N3O2S2/c1-3-22-19(24)17(27-20(22)26)11-14-12-23(15-7-5-4-6-8-15)21-18(14)16-10-9-13(2)25-16/h4-12H,3H2,1-2H3. The number of aryl methyl sites for hydroxylation is 1. The molecule has 0 atom stereocenters. The summed E-state index contributed by atoms with van der Waals surface area (Å²) in [4.78, 5) is 14.8. The van der Waals surface area contributed by atoms with Crippen molar-refractivity contribution in [3.05, 3.63) is 64.9 Å². The molecule has 136 valence electrons. The summed E-state index contributed by atoms with van der Waals surface area (Å²) in [5, 5.41) is 4.70. The Bertz CT molecular complexity index is 1050. The highest BCUT2D eigenvalue weighted by molar-refractivity contribution is 8.26. The third-order valence-electron chi connectivity index (χ3n) is 4.21. The third-order valence-corrected chi connectivity index (χ3v) is 5.59. The van der Waals surface area contributed by atoms with Gasteiger partial charge in [0.25, 0.3) is 5.91 Å². The van der Waals surface area contributed by atoms with Gasteiger partial charge < -0.3 is 4.42 Å². The van der Waals surface area contributed by atoms with Gasteiger partial charge in [0, 0.05) is 18.3 Å². The number of benzene rings is 1. The monoisotopic (exact) mass is 395 g/mol. The van der Waals surface area contributed by atoms with Crippen LogP contribution in [0.3, 0.4) is 0 Å². The van der Waals surface area contributed by atoms with Crippen LogP contribution in [0.4, 0.5) is 0 Å². The molecule has 1 fully saturated rings. The van der Waals surface area contributed by atoms with Crippen LogP contribution in [-0.2, 0) is 4.79 Å². The Balaban J connectivity index is 1.82. The average molecular weight is 396 g/mol. The van der Waals surface area contributed by atoms with Crippen molar-refractivity contribution < 1.29 is 9.21 Å². The molecule has 27 heavy (non-hydrogen) atoms. The van der Waals surface area contributed by atoms with Crippen LogP contribution in [0, 0.1) is 6.92 Å². The van der Waals surface area contributed by atoms with Crippen LogP contribution in [0.25, 0.3) is 23.2 Å². The fourth-order valence-corrected chi connectivity index (χ4v) is 4.25. The Kier molecular flexibility index (Phi) is 4.72. The Morgan fingerprint density at radius 1 is 1.22 bits per heavy atom. The van der Waals surface area contributed by atoms with Crippen molar-refractivity contribution in [3.63, 3.8) is 0 Å². The number of hydrogen-bond acceptors (Lipinski definition) is 5. The molecule has 4 rings (SSSR count). The Morgan fingerprint density at radius 3 is 2.63 bits per heavy atom. The first kappa shape index (κ1) is 17.8. The molecule has 1 aliphatic heterocycles. The number of thioether (sulfide) groups is 1. The van der Waals surface area contributed by atoms with E-state index in [9.17, 15) is 4.79 Å². The number of aromatic nitrogens is 2. The second-order valence-electron chi connectivity index (χ2n) is 6.05. The van der Waals surface area contributed by atoms with Gasteiger partial charge in [0.15, 0.2) is 5.76 Å². The number of hydrogen-bond donors (Lipinski definition) is 0. The quantitative estimate of drug-likeness (QED) is 0.475. The van der Waals surface area contributed by atoms with E-state index in [-0.39, 0.29) is 5.91 Å². The van der Waals surface area contributed by atoms with E-state index in [1.807, 2.05) is 68.6 Å². The molecular weight excluding hydrogens is 378 g/mol. The predicted octanol–water partition coefficient (Wildman–Crippen LogP) is 4.66. The normalized spacial score (nSPS) is 15.9. The maximum atomic E-state index is 12.6. The molecule has 7 heteroatoms. The van der Waals surface area contributed by atoms with Gasteiger partial charge >= 0.3 is 0 Å². The Labute approximate surface area is 166 Å². The first-order chi connectivity index (χ1) is 13.1. The number of rotatable bonds is 4. The van der Waals surface area contributed by atoms with Crippen molar-refractivity contribution in [2.24, 2.45) is 0 Å². The molecule has 2 aromatic heterocycles. The van der Waals surface area contributed by atoms with Crippen LogP contribution in [-0.4, -0.2) is 31.5 Å². The van der Waals surface area contributed by atoms with Crippen molar-refractivity contribution in [1.29, 1.82) is 0 Å². The predicted molar refractivity (Wildman–Crippen MR) is 112 cm³/mol. The van der Waals surface area contributed by atoms with Gasteiger partial charge in [-0.1, -0.05) is 42.2 Å². The molecular formula is C20H17N3O2S2. The number of para-hydroxylation sites is 1. The highest BCUT2D eigenvalue weighted by Gasteiger charge is 2.31. The van der Waals surface area contributed by atoms with Gasteiger partial charge in [-0.3, -0.25) is 9.69 Å². The summed E-state index contributed by atoms with van der Waals surface area (Å²) >= 11 is 6.63. The molecule has 3 aromatic rings. The Hall–Kier alpha value is -2.64. The van der Waals surface area contributed by atoms with E-state index in [2.05, 4.69) is 0 Å². The molecule has 0 bridgehead atoms. The fraction of sp³-hybridized carbons (Fsp3) is 0.150. The molecule has 3 heterocycles. The molecule has 1 aromatic carbocycles. The van der Waals surface area contributed by atoms with Gasteiger partial charge in [-0.05, 0) is 44.2 Å². The van der Waals surface area contributed by atoms with Crippen LogP contribution in [0.15, 0.2) is 58.0 Å². The molecule has 0 saturated carbocycles. The van der Waals surface area contributed by atoms with Crippen molar-refractivity contribution >= 4 is 40.3 Å². The summed E-state index contributed by atoms with van der Waals surface area (Å²) in [6, 6.07) is 13.6.